The van der Waals surface area contributed by atoms with Gasteiger partial charge in [0.25, 0.3) is 0 Å². The van der Waals surface area contributed by atoms with E-state index >= 15 is 0 Å². The molecule has 3 N–H and O–H groups in total. The van der Waals surface area contributed by atoms with E-state index in [0.29, 0.717) is 18.9 Å². The fourth-order valence-electron chi connectivity index (χ4n) is 3.04. The van der Waals surface area contributed by atoms with Crippen molar-refractivity contribution in [3.05, 3.63) is 54.1 Å². The first-order chi connectivity index (χ1) is 12.2. The molecule has 1 aliphatic heterocycles. The molecule has 0 unspecified atom stereocenters. The smallest absolute Gasteiger partial charge is 0.237 e. The topological polar surface area (TPSA) is 82.2 Å². The van der Waals surface area contributed by atoms with Crippen molar-refractivity contribution in [3.63, 3.8) is 0 Å². The predicted octanol–water partition coefficient (Wildman–Crippen LogP) is 2.19. The van der Waals surface area contributed by atoms with Gasteiger partial charge in [-0.1, -0.05) is 30.3 Å². The number of imidazole rings is 1. The SMILES string of the molecule is Cl.Cl.N[C@@H](Cc1cn(Cc2ccccc2)cn1)C(=O)NCC1CCOCC1. The zero-order valence-corrected chi connectivity index (χ0v) is 16.9. The van der Waals surface area contributed by atoms with Gasteiger partial charge in [0.05, 0.1) is 18.1 Å². The molecule has 1 aromatic carbocycles. The molecule has 0 aliphatic carbocycles. The quantitative estimate of drug-likeness (QED) is 0.727. The highest BCUT2D eigenvalue weighted by atomic mass is 35.5. The number of nitrogens with one attached hydrogen (secondary N) is 1. The molecule has 0 bridgehead atoms. The largest absolute Gasteiger partial charge is 0.381 e. The molecule has 1 saturated heterocycles. The van der Waals surface area contributed by atoms with Gasteiger partial charge in [-0.15, -0.1) is 24.8 Å². The molecule has 8 heteroatoms. The molecule has 3 rings (SSSR count). The summed E-state index contributed by atoms with van der Waals surface area (Å²) in [5.41, 5.74) is 8.09. The lowest BCUT2D eigenvalue weighted by Gasteiger charge is -2.22. The minimum Gasteiger partial charge on any atom is -0.381 e. The average Bonchev–Trinajstić information content (AvgIpc) is 3.08. The summed E-state index contributed by atoms with van der Waals surface area (Å²) >= 11 is 0. The summed E-state index contributed by atoms with van der Waals surface area (Å²) in [6, 6.07) is 9.63. The Morgan fingerprint density at radius 1 is 1.26 bits per heavy atom. The molecule has 1 aliphatic rings. The highest BCUT2D eigenvalue weighted by molar-refractivity contribution is 5.85. The Balaban J connectivity index is 0.00000182. The first-order valence-electron chi connectivity index (χ1n) is 8.86. The van der Waals surface area contributed by atoms with Crippen LogP contribution in [0.25, 0.3) is 0 Å². The van der Waals surface area contributed by atoms with Crippen molar-refractivity contribution in [2.45, 2.75) is 31.8 Å². The van der Waals surface area contributed by atoms with E-state index in [4.69, 9.17) is 10.5 Å². The van der Waals surface area contributed by atoms with Crippen molar-refractivity contribution in [3.8, 4) is 0 Å². The molecule has 0 spiro atoms. The van der Waals surface area contributed by atoms with E-state index in [1.165, 1.54) is 5.56 Å². The molecule has 0 radical (unpaired) electrons. The van der Waals surface area contributed by atoms with E-state index < -0.39 is 6.04 Å². The lowest BCUT2D eigenvalue weighted by molar-refractivity contribution is -0.122. The maximum absolute atomic E-state index is 12.2. The van der Waals surface area contributed by atoms with Gasteiger partial charge < -0.3 is 20.4 Å². The van der Waals surface area contributed by atoms with Crippen LogP contribution >= 0.6 is 24.8 Å². The van der Waals surface area contributed by atoms with Crippen LogP contribution in [0.4, 0.5) is 0 Å². The van der Waals surface area contributed by atoms with E-state index in [2.05, 4.69) is 22.4 Å². The first-order valence-corrected chi connectivity index (χ1v) is 8.86. The van der Waals surface area contributed by atoms with Crippen LogP contribution < -0.4 is 11.1 Å². The van der Waals surface area contributed by atoms with Gasteiger partial charge in [0.2, 0.25) is 5.91 Å². The standard InChI is InChI=1S/C19H26N4O2.2ClH/c20-18(19(24)21-11-15-6-8-25-9-7-15)10-17-13-23(14-22-17)12-16-4-2-1-3-5-16;;/h1-5,13-15,18H,6-12,20H2,(H,21,24);2*1H/t18-;;/m0../s1. The number of rotatable bonds is 7. The lowest BCUT2D eigenvalue weighted by atomic mass is 10.0. The van der Waals surface area contributed by atoms with Gasteiger partial charge in [0.1, 0.15) is 0 Å². The van der Waals surface area contributed by atoms with Gasteiger partial charge in [-0.05, 0) is 24.3 Å². The van der Waals surface area contributed by atoms with Crippen LogP contribution in [0.2, 0.25) is 0 Å². The summed E-state index contributed by atoms with van der Waals surface area (Å²) in [6.07, 6.45) is 6.19. The molecular weight excluding hydrogens is 387 g/mol. The molecule has 1 amide bonds. The van der Waals surface area contributed by atoms with Gasteiger partial charge in [-0.2, -0.15) is 0 Å². The minimum atomic E-state index is -0.570. The first kappa shape index (κ1) is 23.4. The second kappa shape index (κ2) is 12.0. The van der Waals surface area contributed by atoms with Crippen molar-refractivity contribution < 1.29 is 9.53 Å². The molecule has 2 heterocycles. The third kappa shape index (κ3) is 7.50. The van der Waals surface area contributed by atoms with Crippen molar-refractivity contribution in [2.24, 2.45) is 11.7 Å². The molecule has 0 saturated carbocycles. The third-order valence-electron chi connectivity index (χ3n) is 4.57. The van der Waals surface area contributed by atoms with Crippen LogP contribution in [0.3, 0.4) is 0 Å². The maximum Gasteiger partial charge on any atom is 0.237 e. The number of amides is 1. The Kier molecular flexibility index (Phi) is 10.4. The number of ether oxygens (including phenoxy) is 1. The van der Waals surface area contributed by atoms with Crippen molar-refractivity contribution in [1.29, 1.82) is 0 Å². The van der Waals surface area contributed by atoms with Crippen LogP contribution in [0.15, 0.2) is 42.9 Å². The number of benzene rings is 1. The van der Waals surface area contributed by atoms with E-state index in [1.807, 2.05) is 29.0 Å². The summed E-state index contributed by atoms with van der Waals surface area (Å²) in [5, 5.41) is 2.96. The summed E-state index contributed by atoms with van der Waals surface area (Å²) in [7, 11) is 0. The molecule has 2 aromatic rings. The van der Waals surface area contributed by atoms with E-state index in [1.54, 1.807) is 6.33 Å². The van der Waals surface area contributed by atoms with E-state index in [-0.39, 0.29) is 30.7 Å². The molecule has 1 aromatic heterocycles. The summed E-state index contributed by atoms with van der Waals surface area (Å²) in [5.74, 6) is 0.388. The van der Waals surface area contributed by atoms with Crippen LogP contribution in [-0.4, -0.2) is 41.3 Å². The van der Waals surface area contributed by atoms with Gasteiger partial charge >= 0.3 is 0 Å². The predicted molar refractivity (Wildman–Crippen MR) is 110 cm³/mol. The number of halogens is 2. The van der Waals surface area contributed by atoms with Crippen molar-refractivity contribution >= 4 is 30.7 Å². The zero-order chi connectivity index (χ0) is 17.5. The fraction of sp³-hybridized carbons (Fsp3) is 0.474. The van der Waals surface area contributed by atoms with Crippen molar-refractivity contribution in [1.82, 2.24) is 14.9 Å². The number of carbonyl (C=O) groups is 1. The third-order valence-corrected chi connectivity index (χ3v) is 4.57. The van der Waals surface area contributed by atoms with Crippen LogP contribution in [0.1, 0.15) is 24.1 Å². The Morgan fingerprint density at radius 3 is 2.67 bits per heavy atom. The molecule has 1 atom stereocenters. The van der Waals surface area contributed by atoms with Gasteiger partial charge in [-0.3, -0.25) is 4.79 Å². The monoisotopic (exact) mass is 414 g/mol. The van der Waals surface area contributed by atoms with Crippen LogP contribution in [-0.2, 0) is 22.5 Å². The number of nitrogens with two attached hydrogens (primary N) is 1. The average molecular weight is 415 g/mol. The highest BCUT2D eigenvalue weighted by Gasteiger charge is 2.18. The van der Waals surface area contributed by atoms with Crippen LogP contribution in [0, 0.1) is 5.92 Å². The van der Waals surface area contributed by atoms with Gasteiger partial charge in [0, 0.05) is 38.9 Å². The number of carbonyl (C=O) groups excluding carboxylic acids is 1. The minimum absolute atomic E-state index is 0. The number of nitrogens with zero attached hydrogens (tertiary/aromatic N) is 2. The fourth-order valence-corrected chi connectivity index (χ4v) is 3.04. The molecule has 1 fully saturated rings. The maximum atomic E-state index is 12.2. The Labute approximate surface area is 172 Å². The normalized spacial score (nSPS) is 15.3. The number of hydrogen-bond donors (Lipinski definition) is 2. The second-order valence-corrected chi connectivity index (χ2v) is 6.63. The number of aromatic nitrogens is 2. The molecule has 27 heavy (non-hydrogen) atoms. The Morgan fingerprint density at radius 2 is 1.96 bits per heavy atom. The van der Waals surface area contributed by atoms with Gasteiger partial charge in [0.15, 0.2) is 0 Å². The Hall–Kier alpha value is -1.60. The second-order valence-electron chi connectivity index (χ2n) is 6.63. The lowest BCUT2D eigenvalue weighted by Crippen LogP contribution is -2.44. The highest BCUT2D eigenvalue weighted by Crippen LogP contribution is 2.13. The van der Waals surface area contributed by atoms with Crippen LogP contribution in [0.5, 0.6) is 0 Å². The molecular formula is C19H28Cl2N4O2. The Bertz CT molecular complexity index is 675. The molecule has 6 nitrogen and oxygen atoms in total. The van der Waals surface area contributed by atoms with E-state index in [0.717, 1.165) is 38.3 Å². The summed E-state index contributed by atoms with van der Waals surface area (Å²) < 4.78 is 7.34. The summed E-state index contributed by atoms with van der Waals surface area (Å²) in [6.45, 7) is 3.01. The number of hydrogen-bond acceptors (Lipinski definition) is 4. The van der Waals surface area contributed by atoms with Gasteiger partial charge in [-0.25, -0.2) is 4.98 Å². The summed E-state index contributed by atoms with van der Waals surface area (Å²) in [4.78, 5) is 16.6. The van der Waals surface area contributed by atoms with Crippen molar-refractivity contribution in [2.75, 3.05) is 19.8 Å². The molecule has 150 valence electrons. The van der Waals surface area contributed by atoms with E-state index in [9.17, 15) is 4.79 Å². The zero-order valence-electron chi connectivity index (χ0n) is 15.3.